The molecule has 124 valence electrons. The molecular weight excluding hydrogens is 318 g/mol. The van der Waals surface area contributed by atoms with Gasteiger partial charge in [0.1, 0.15) is 5.82 Å². The first-order chi connectivity index (χ1) is 11.7. The lowest BCUT2D eigenvalue weighted by molar-refractivity contribution is 0.255. The Bertz CT molecular complexity index is 834. The molecular formula is C18H21N5S. The molecule has 3 N–H and O–H groups in total. The molecule has 0 unspecified atom stereocenters. The maximum Gasteiger partial charge on any atom is 0.229 e. The number of hydrogen-bond donors (Lipinski definition) is 2. The number of piperidine rings is 1. The van der Waals surface area contributed by atoms with E-state index in [4.69, 9.17) is 5.73 Å². The monoisotopic (exact) mass is 339 g/mol. The van der Waals surface area contributed by atoms with Gasteiger partial charge in [-0.2, -0.15) is 4.98 Å². The molecule has 24 heavy (non-hydrogen) atoms. The van der Waals surface area contributed by atoms with E-state index in [9.17, 15) is 0 Å². The molecule has 0 atom stereocenters. The second-order valence-corrected chi connectivity index (χ2v) is 7.31. The largest absolute Gasteiger partial charge is 0.382 e. The Labute approximate surface area is 145 Å². The average Bonchev–Trinajstić information content (AvgIpc) is 3.05. The molecule has 1 saturated heterocycles. The van der Waals surface area contributed by atoms with Gasteiger partial charge in [0.25, 0.3) is 0 Å². The Balaban J connectivity index is 1.50. The van der Waals surface area contributed by atoms with Gasteiger partial charge in [0.2, 0.25) is 5.95 Å². The summed E-state index contributed by atoms with van der Waals surface area (Å²) in [7, 11) is 2.19. The predicted molar refractivity (Wildman–Crippen MR) is 101 cm³/mol. The van der Waals surface area contributed by atoms with Crippen molar-refractivity contribution < 1.29 is 0 Å². The van der Waals surface area contributed by atoms with Gasteiger partial charge in [-0.05, 0) is 68.0 Å². The minimum Gasteiger partial charge on any atom is -0.382 e. The molecule has 6 heteroatoms. The first-order valence-electron chi connectivity index (χ1n) is 8.25. The Hall–Kier alpha value is -2.18. The molecule has 0 amide bonds. The molecule has 3 aromatic rings. The van der Waals surface area contributed by atoms with E-state index in [0.717, 1.165) is 15.9 Å². The Morgan fingerprint density at radius 3 is 2.62 bits per heavy atom. The summed E-state index contributed by atoms with van der Waals surface area (Å²) in [6.45, 7) is 2.36. The zero-order chi connectivity index (χ0) is 16.5. The van der Waals surface area contributed by atoms with E-state index >= 15 is 0 Å². The minimum atomic E-state index is 0.528. The van der Waals surface area contributed by atoms with Crippen molar-refractivity contribution in [1.29, 1.82) is 0 Å². The van der Waals surface area contributed by atoms with Crippen LogP contribution in [0.4, 0.5) is 17.5 Å². The van der Waals surface area contributed by atoms with Crippen molar-refractivity contribution in [2.45, 2.75) is 18.8 Å². The van der Waals surface area contributed by atoms with Crippen molar-refractivity contribution >= 4 is 39.0 Å². The highest BCUT2D eigenvalue weighted by molar-refractivity contribution is 7.17. The van der Waals surface area contributed by atoms with Gasteiger partial charge in [-0.15, -0.1) is 11.3 Å². The average molecular weight is 339 g/mol. The minimum absolute atomic E-state index is 0.528. The third-order valence-electron chi connectivity index (χ3n) is 4.69. The predicted octanol–water partition coefficient (Wildman–Crippen LogP) is 3.83. The van der Waals surface area contributed by atoms with Crippen LogP contribution in [-0.2, 0) is 0 Å². The van der Waals surface area contributed by atoms with E-state index in [2.05, 4.69) is 51.5 Å². The van der Waals surface area contributed by atoms with Gasteiger partial charge < -0.3 is 16.0 Å². The normalized spacial score (nSPS) is 16.5. The number of hydrogen-bond acceptors (Lipinski definition) is 6. The van der Waals surface area contributed by atoms with Crippen LogP contribution in [0, 0.1) is 0 Å². The van der Waals surface area contributed by atoms with Gasteiger partial charge in [-0.1, -0.05) is 12.1 Å². The van der Waals surface area contributed by atoms with Crippen LogP contribution in [0.2, 0.25) is 0 Å². The zero-order valence-electron chi connectivity index (χ0n) is 13.7. The molecule has 5 nitrogen and oxygen atoms in total. The lowest BCUT2D eigenvalue weighted by atomic mass is 9.89. The molecule has 1 aliphatic heterocycles. The number of nitrogens with zero attached hydrogens (tertiary/aromatic N) is 3. The summed E-state index contributed by atoms with van der Waals surface area (Å²) in [6.07, 6.45) is 2.47. The Kier molecular flexibility index (Phi) is 4.08. The summed E-state index contributed by atoms with van der Waals surface area (Å²) >= 11 is 1.57. The van der Waals surface area contributed by atoms with Gasteiger partial charge in [-0.3, -0.25) is 0 Å². The summed E-state index contributed by atoms with van der Waals surface area (Å²) < 4.78 is 0.943. The summed E-state index contributed by atoms with van der Waals surface area (Å²) in [5.74, 6) is 1.75. The topological polar surface area (TPSA) is 67.1 Å². The fourth-order valence-electron chi connectivity index (χ4n) is 3.25. The van der Waals surface area contributed by atoms with Crippen molar-refractivity contribution in [3.05, 3.63) is 41.3 Å². The third kappa shape index (κ3) is 3.07. The highest BCUT2D eigenvalue weighted by Gasteiger charge is 2.18. The van der Waals surface area contributed by atoms with Crippen molar-refractivity contribution in [2.24, 2.45) is 0 Å². The van der Waals surface area contributed by atoms with Gasteiger partial charge in [0, 0.05) is 5.69 Å². The molecule has 0 bridgehead atoms. The molecule has 0 spiro atoms. The third-order valence-corrected chi connectivity index (χ3v) is 5.61. The quantitative estimate of drug-likeness (QED) is 0.759. The van der Waals surface area contributed by atoms with Crippen molar-refractivity contribution in [3.63, 3.8) is 0 Å². The highest BCUT2D eigenvalue weighted by atomic mass is 32.1. The summed E-state index contributed by atoms with van der Waals surface area (Å²) in [5.41, 5.74) is 9.30. The van der Waals surface area contributed by atoms with Crippen molar-refractivity contribution in [3.8, 4) is 0 Å². The summed E-state index contributed by atoms with van der Waals surface area (Å²) in [5, 5.41) is 5.24. The van der Waals surface area contributed by atoms with Gasteiger partial charge >= 0.3 is 0 Å². The van der Waals surface area contributed by atoms with Crippen LogP contribution >= 0.6 is 11.3 Å². The van der Waals surface area contributed by atoms with Crippen LogP contribution in [0.15, 0.2) is 35.7 Å². The smallest absolute Gasteiger partial charge is 0.229 e. The molecule has 1 aromatic carbocycles. The van der Waals surface area contributed by atoms with Crippen molar-refractivity contribution in [2.75, 3.05) is 31.2 Å². The number of benzene rings is 1. The molecule has 3 heterocycles. The lowest BCUT2D eigenvalue weighted by Crippen LogP contribution is -2.29. The van der Waals surface area contributed by atoms with E-state index in [1.165, 1.54) is 31.5 Å². The molecule has 0 saturated carbocycles. The zero-order valence-corrected chi connectivity index (χ0v) is 14.5. The Morgan fingerprint density at radius 1 is 1.12 bits per heavy atom. The number of aromatic nitrogens is 2. The fraction of sp³-hybridized carbons (Fsp3) is 0.333. The second kappa shape index (κ2) is 6.37. The number of anilines is 3. The second-order valence-electron chi connectivity index (χ2n) is 6.39. The summed E-state index contributed by atoms with van der Waals surface area (Å²) in [4.78, 5) is 11.3. The van der Waals surface area contributed by atoms with Crippen LogP contribution < -0.4 is 11.1 Å². The number of nitrogens with one attached hydrogen (secondary N) is 1. The summed E-state index contributed by atoms with van der Waals surface area (Å²) in [6, 6.07) is 10.6. The number of nitrogens with two attached hydrogens (primary N) is 1. The highest BCUT2D eigenvalue weighted by Crippen LogP contribution is 2.29. The van der Waals surface area contributed by atoms with E-state index in [1.807, 2.05) is 11.4 Å². The maximum absolute atomic E-state index is 6.00. The molecule has 1 fully saturated rings. The standard InChI is InChI=1S/C18H21N5S/c1-23-9-6-13(7-10-23)12-2-4-14(5-3-12)20-18-21-15-8-11-24-16(15)17(19)22-18/h2-5,8,11,13H,6-7,9-10H2,1H3,(H3,19,20,21,22). The maximum atomic E-state index is 6.00. The van der Waals surface area contributed by atoms with Crippen LogP contribution in [0.1, 0.15) is 24.3 Å². The van der Waals surface area contributed by atoms with E-state index < -0.39 is 0 Å². The van der Waals surface area contributed by atoms with Crippen LogP contribution in [0.25, 0.3) is 10.2 Å². The number of nitrogen functional groups attached to an aromatic ring is 1. The lowest BCUT2D eigenvalue weighted by Gasteiger charge is -2.29. The van der Waals surface area contributed by atoms with E-state index in [1.54, 1.807) is 11.3 Å². The molecule has 0 aliphatic carbocycles. The van der Waals surface area contributed by atoms with Crippen molar-refractivity contribution in [1.82, 2.24) is 14.9 Å². The molecule has 0 radical (unpaired) electrons. The van der Waals surface area contributed by atoms with Crippen LogP contribution in [0.3, 0.4) is 0 Å². The number of rotatable bonds is 3. The van der Waals surface area contributed by atoms with Gasteiger partial charge in [0.15, 0.2) is 0 Å². The fourth-order valence-corrected chi connectivity index (χ4v) is 3.99. The van der Waals surface area contributed by atoms with Crippen LogP contribution in [0.5, 0.6) is 0 Å². The molecule has 2 aromatic heterocycles. The number of thiophene rings is 1. The molecule has 4 rings (SSSR count). The first kappa shape index (κ1) is 15.4. The van der Waals surface area contributed by atoms with E-state index in [0.29, 0.717) is 17.7 Å². The SMILES string of the molecule is CN1CCC(c2ccc(Nc3nc(N)c4sccc4n3)cc2)CC1. The molecule has 1 aliphatic rings. The number of fused-ring (bicyclic) bond motifs is 1. The van der Waals surface area contributed by atoms with E-state index in [-0.39, 0.29) is 0 Å². The Morgan fingerprint density at radius 2 is 1.88 bits per heavy atom. The van der Waals surface area contributed by atoms with Crippen LogP contribution in [-0.4, -0.2) is 35.0 Å². The first-order valence-corrected chi connectivity index (χ1v) is 9.13. The number of likely N-dealkylation sites (tertiary alicyclic amines) is 1. The van der Waals surface area contributed by atoms with Gasteiger partial charge in [-0.25, -0.2) is 4.98 Å². The van der Waals surface area contributed by atoms with Gasteiger partial charge in [0.05, 0.1) is 10.2 Å².